The monoisotopic (exact) mass is 366 g/mol. The van der Waals surface area contributed by atoms with E-state index in [4.69, 9.17) is 4.74 Å². The number of fused-ring (bicyclic) bond motifs is 1. The zero-order valence-corrected chi connectivity index (χ0v) is 15.7. The van der Waals surface area contributed by atoms with Crippen LogP contribution in [0.25, 0.3) is 10.9 Å². The van der Waals surface area contributed by atoms with Crippen LogP contribution in [0.5, 0.6) is 5.75 Å². The van der Waals surface area contributed by atoms with E-state index < -0.39 is 0 Å². The molecule has 0 saturated carbocycles. The van der Waals surface area contributed by atoms with Gasteiger partial charge in [0.15, 0.2) is 6.61 Å². The number of nitrogens with zero attached hydrogens (tertiary/aromatic N) is 3. The number of aromatic amines is 1. The first-order valence-corrected chi connectivity index (χ1v) is 8.79. The molecule has 3 rings (SSSR count). The second kappa shape index (κ2) is 7.99. The van der Waals surface area contributed by atoms with Crippen LogP contribution in [0.2, 0.25) is 0 Å². The fourth-order valence-electron chi connectivity index (χ4n) is 2.75. The van der Waals surface area contributed by atoms with E-state index in [1.165, 1.54) is 4.90 Å². The minimum absolute atomic E-state index is 0.105. The fraction of sp³-hybridized carbons (Fsp3) is 0.300. The average molecular weight is 366 g/mol. The van der Waals surface area contributed by atoms with Gasteiger partial charge in [-0.05, 0) is 37.6 Å². The van der Waals surface area contributed by atoms with E-state index in [2.05, 4.69) is 15.0 Å². The highest BCUT2D eigenvalue weighted by Crippen LogP contribution is 2.17. The van der Waals surface area contributed by atoms with Crippen molar-refractivity contribution in [3.8, 4) is 5.75 Å². The topological polar surface area (TPSA) is 88.2 Å². The molecule has 2 aromatic heterocycles. The Hall–Kier alpha value is -3.22. The molecule has 1 aromatic carbocycles. The van der Waals surface area contributed by atoms with E-state index in [9.17, 15) is 9.59 Å². The number of likely N-dealkylation sites (N-methyl/N-ethyl adjacent to an activating group) is 1. The highest BCUT2D eigenvalue weighted by molar-refractivity contribution is 5.78. The highest BCUT2D eigenvalue weighted by atomic mass is 16.5. The van der Waals surface area contributed by atoms with Crippen LogP contribution >= 0.6 is 0 Å². The van der Waals surface area contributed by atoms with Crippen molar-refractivity contribution in [1.29, 1.82) is 0 Å². The number of nitrogens with one attached hydrogen (secondary N) is 1. The molecule has 7 nitrogen and oxygen atoms in total. The van der Waals surface area contributed by atoms with Crippen LogP contribution in [0, 0.1) is 6.92 Å². The minimum Gasteiger partial charge on any atom is -0.482 e. The van der Waals surface area contributed by atoms with E-state index in [-0.39, 0.29) is 24.6 Å². The Bertz CT molecular complexity index is 1030. The summed E-state index contributed by atoms with van der Waals surface area (Å²) < 4.78 is 5.65. The lowest BCUT2D eigenvalue weighted by atomic mass is 10.2. The van der Waals surface area contributed by atoms with Crippen molar-refractivity contribution in [3.05, 3.63) is 64.0 Å². The maximum Gasteiger partial charge on any atom is 0.260 e. The first-order chi connectivity index (χ1) is 13.0. The van der Waals surface area contributed by atoms with Crippen LogP contribution in [0.3, 0.4) is 0 Å². The second-order valence-electron chi connectivity index (χ2n) is 6.32. The SMILES string of the molecule is CCc1nc(C)ccc1OCC(=O)N(C)Cc1nc2ccccc2c(=O)[nH]1. The Labute approximate surface area is 157 Å². The van der Waals surface area contributed by atoms with E-state index in [0.717, 1.165) is 17.8 Å². The predicted molar refractivity (Wildman–Crippen MR) is 103 cm³/mol. The number of pyridine rings is 1. The van der Waals surface area contributed by atoms with Gasteiger partial charge >= 0.3 is 0 Å². The van der Waals surface area contributed by atoms with Crippen LogP contribution in [0.15, 0.2) is 41.2 Å². The first kappa shape index (κ1) is 18.6. The third kappa shape index (κ3) is 4.31. The standard InChI is InChI=1S/C20H22N4O3/c1-4-15-17(10-9-13(2)21-15)27-12-19(25)24(3)11-18-22-16-8-6-5-7-14(16)20(26)23-18/h5-10H,4,11-12H2,1-3H3,(H,22,23,26). The minimum atomic E-state index is -0.217. The van der Waals surface area contributed by atoms with Crippen molar-refractivity contribution < 1.29 is 9.53 Å². The van der Waals surface area contributed by atoms with E-state index >= 15 is 0 Å². The van der Waals surface area contributed by atoms with Crippen LogP contribution in [-0.2, 0) is 17.8 Å². The van der Waals surface area contributed by atoms with Crippen molar-refractivity contribution in [1.82, 2.24) is 19.9 Å². The normalized spacial score (nSPS) is 10.8. The summed E-state index contributed by atoms with van der Waals surface area (Å²) in [5.74, 6) is 0.830. The molecule has 0 unspecified atom stereocenters. The summed E-state index contributed by atoms with van der Waals surface area (Å²) in [6.07, 6.45) is 0.725. The lowest BCUT2D eigenvalue weighted by Gasteiger charge is -2.17. The number of carbonyl (C=O) groups is 1. The molecule has 7 heteroatoms. The van der Waals surface area contributed by atoms with Gasteiger partial charge in [0.05, 0.1) is 23.1 Å². The summed E-state index contributed by atoms with van der Waals surface area (Å²) >= 11 is 0. The third-order valence-electron chi connectivity index (χ3n) is 4.23. The Morgan fingerprint density at radius 2 is 1.96 bits per heavy atom. The van der Waals surface area contributed by atoms with Crippen molar-refractivity contribution in [2.45, 2.75) is 26.8 Å². The van der Waals surface area contributed by atoms with Gasteiger partial charge in [-0.1, -0.05) is 19.1 Å². The molecule has 0 atom stereocenters. The van der Waals surface area contributed by atoms with Gasteiger partial charge in [0.1, 0.15) is 11.6 Å². The van der Waals surface area contributed by atoms with Crippen LogP contribution in [-0.4, -0.2) is 39.4 Å². The Morgan fingerprint density at radius 1 is 1.19 bits per heavy atom. The number of hydrogen-bond acceptors (Lipinski definition) is 5. The number of para-hydroxylation sites is 1. The molecule has 0 fully saturated rings. The molecule has 2 heterocycles. The number of rotatable bonds is 6. The molecule has 27 heavy (non-hydrogen) atoms. The second-order valence-corrected chi connectivity index (χ2v) is 6.32. The van der Waals surface area contributed by atoms with Crippen molar-refractivity contribution >= 4 is 16.8 Å². The molecule has 0 bridgehead atoms. The zero-order chi connectivity index (χ0) is 19.4. The highest BCUT2D eigenvalue weighted by Gasteiger charge is 2.14. The summed E-state index contributed by atoms with van der Waals surface area (Å²) in [4.78, 5) is 37.6. The first-order valence-electron chi connectivity index (χ1n) is 8.79. The van der Waals surface area contributed by atoms with E-state index in [0.29, 0.717) is 22.5 Å². The molecule has 0 radical (unpaired) electrons. The molecule has 0 saturated heterocycles. The molecule has 0 spiro atoms. The molecule has 3 aromatic rings. The van der Waals surface area contributed by atoms with Gasteiger partial charge in [0, 0.05) is 12.7 Å². The molecule has 0 aliphatic carbocycles. The lowest BCUT2D eigenvalue weighted by molar-refractivity contribution is -0.132. The maximum absolute atomic E-state index is 12.4. The number of hydrogen-bond donors (Lipinski definition) is 1. The summed E-state index contributed by atoms with van der Waals surface area (Å²) in [5.41, 5.74) is 2.12. The van der Waals surface area contributed by atoms with Gasteiger partial charge in [-0.15, -0.1) is 0 Å². The molecular weight excluding hydrogens is 344 g/mol. The number of carbonyl (C=O) groups excluding carboxylic acids is 1. The average Bonchev–Trinajstić information content (AvgIpc) is 2.66. The molecule has 0 aliphatic rings. The smallest absolute Gasteiger partial charge is 0.260 e. The van der Waals surface area contributed by atoms with Gasteiger partial charge < -0.3 is 14.6 Å². The largest absolute Gasteiger partial charge is 0.482 e. The summed E-state index contributed by atoms with van der Waals surface area (Å²) in [6, 6.07) is 10.8. The molecule has 1 N–H and O–H groups in total. The third-order valence-corrected chi connectivity index (χ3v) is 4.23. The van der Waals surface area contributed by atoms with Crippen LogP contribution in [0.1, 0.15) is 24.1 Å². The summed E-state index contributed by atoms with van der Waals surface area (Å²) in [5, 5.41) is 0.525. The summed E-state index contributed by atoms with van der Waals surface area (Å²) in [6.45, 7) is 3.99. The predicted octanol–water partition coefficient (Wildman–Crippen LogP) is 2.23. The van der Waals surface area contributed by atoms with Crippen molar-refractivity contribution in [2.24, 2.45) is 0 Å². The van der Waals surface area contributed by atoms with Crippen molar-refractivity contribution in [3.63, 3.8) is 0 Å². The van der Waals surface area contributed by atoms with Crippen molar-refractivity contribution in [2.75, 3.05) is 13.7 Å². The quantitative estimate of drug-likeness (QED) is 0.723. The number of aromatic nitrogens is 3. The van der Waals surface area contributed by atoms with Gasteiger partial charge in [-0.25, -0.2) is 4.98 Å². The molecular formula is C20H22N4O3. The van der Waals surface area contributed by atoms with Gasteiger partial charge in [0.25, 0.3) is 11.5 Å². The number of aryl methyl sites for hydroxylation is 2. The Morgan fingerprint density at radius 3 is 2.74 bits per heavy atom. The number of H-pyrrole nitrogens is 1. The Kier molecular flexibility index (Phi) is 5.49. The number of amides is 1. The van der Waals surface area contributed by atoms with Crippen LogP contribution in [0.4, 0.5) is 0 Å². The lowest BCUT2D eigenvalue weighted by Crippen LogP contribution is -2.32. The van der Waals surface area contributed by atoms with Gasteiger partial charge in [0.2, 0.25) is 0 Å². The van der Waals surface area contributed by atoms with E-state index in [1.807, 2.05) is 32.0 Å². The fourth-order valence-corrected chi connectivity index (χ4v) is 2.75. The van der Waals surface area contributed by atoms with Gasteiger partial charge in [-0.2, -0.15) is 0 Å². The molecule has 1 amide bonds. The van der Waals surface area contributed by atoms with E-state index in [1.54, 1.807) is 25.2 Å². The summed E-state index contributed by atoms with van der Waals surface area (Å²) in [7, 11) is 1.65. The number of ether oxygens (including phenoxy) is 1. The molecule has 0 aliphatic heterocycles. The van der Waals surface area contributed by atoms with Gasteiger partial charge in [-0.3, -0.25) is 14.6 Å². The van der Waals surface area contributed by atoms with Crippen LogP contribution < -0.4 is 10.3 Å². The Balaban J connectivity index is 1.67. The maximum atomic E-state index is 12.4. The zero-order valence-electron chi connectivity index (χ0n) is 15.7. The molecule has 140 valence electrons. The number of benzene rings is 1.